The Bertz CT molecular complexity index is 477. The Hall–Kier alpha value is -1.49. The minimum Gasteiger partial charge on any atom is -0.393 e. The second kappa shape index (κ2) is 7.19. The van der Waals surface area contributed by atoms with E-state index in [0.717, 1.165) is 11.1 Å². The standard InChI is InChI=1S/C14H19FN2OS/c1-3-12(13(16)19)14(18)17-7-6-10-4-5-11(15)8-9(10)2/h4-5,8,12H,3,6-7H2,1-2H3,(H2,16,19)(H,17,18). The van der Waals surface area contributed by atoms with Crippen molar-refractivity contribution in [3.8, 4) is 0 Å². The first-order chi connectivity index (χ1) is 8.95. The van der Waals surface area contributed by atoms with E-state index in [9.17, 15) is 9.18 Å². The number of thiocarbonyl (C=S) groups is 1. The SMILES string of the molecule is CCC(C(=O)NCCc1ccc(F)cc1C)C(N)=S. The van der Waals surface area contributed by atoms with Crippen molar-refractivity contribution in [2.75, 3.05) is 6.54 Å². The van der Waals surface area contributed by atoms with Gasteiger partial charge in [-0.05, 0) is 43.0 Å². The molecule has 3 nitrogen and oxygen atoms in total. The lowest BCUT2D eigenvalue weighted by molar-refractivity contribution is -0.123. The number of carbonyl (C=O) groups excluding carboxylic acids is 1. The highest BCUT2D eigenvalue weighted by Crippen LogP contribution is 2.10. The predicted molar refractivity (Wildman–Crippen MR) is 78.4 cm³/mol. The third kappa shape index (κ3) is 4.59. The highest BCUT2D eigenvalue weighted by molar-refractivity contribution is 7.80. The van der Waals surface area contributed by atoms with Crippen LogP contribution in [0.25, 0.3) is 0 Å². The number of carbonyl (C=O) groups is 1. The number of nitrogens with one attached hydrogen (secondary N) is 1. The lowest BCUT2D eigenvalue weighted by Crippen LogP contribution is -2.38. The fourth-order valence-corrected chi connectivity index (χ4v) is 2.17. The zero-order valence-corrected chi connectivity index (χ0v) is 12.0. The van der Waals surface area contributed by atoms with Gasteiger partial charge in [-0.3, -0.25) is 4.79 Å². The fraction of sp³-hybridized carbons (Fsp3) is 0.429. The van der Waals surface area contributed by atoms with E-state index in [1.165, 1.54) is 12.1 Å². The van der Waals surface area contributed by atoms with E-state index in [1.807, 2.05) is 13.8 Å². The second-order valence-electron chi connectivity index (χ2n) is 4.48. The molecule has 0 fully saturated rings. The van der Waals surface area contributed by atoms with Crippen molar-refractivity contribution in [3.63, 3.8) is 0 Å². The molecule has 3 N–H and O–H groups in total. The van der Waals surface area contributed by atoms with Gasteiger partial charge in [-0.25, -0.2) is 4.39 Å². The molecular weight excluding hydrogens is 263 g/mol. The number of nitrogens with two attached hydrogens (primary N) is 1. The maximum absolute atomic E-state index is 12.9. The van der Waals surface area contributed by atoms with Gasteiger partial charge in [0.2, 0.25) is 5.91 Å². The lowest BCUT2D eigenvalue weighted by Gasteiger charge is -2.13. The number of aryl methyl sites for hydroxylation is 1. The summed E-state index contributed by atoms with van der Waals surface area (Å²) in [5.74, 6) is -0.802. The van der Waals surface area contributed by atoms with Gasteiger partial charge in [0, 0.05) is 6.54 Å². The smallest absolute Gasteiger partial charge is 0.229 e. The van der Waals surface area contributed by atoms with Crippen LogP contribution in [0, 0.1) is 18.7 Å². The molecule has 5 heteroatoms. The van der Waals surface area contributed by atoms with Crippen molar-refractivity contribution in [1.82, 2.24) is 5.32 Å². The maximum Gasteiger partial charge on any atom is 0.229 e. The van der Waals surface area contributed by atoms with Crippen molar-refractivity contribution in [2.45, 2.75) is 26.7 Å². The summed E-state index contributed by atoms with van der Waals surface area (Å²) < 4.78 is 12.9. The summed E-state index contributed by atoms with van der Waals surface area (Å²) in [5, 5.41) is 2.81. The van der Waals surface area contributed by atoms with Gasteiger partial charge in [0.1, 0.15) is 5.82 Å². The van der Waals surface area contributed by atoms with Crippen LogP contribution in [0.15, 0.2) is 18.2 Å². The molecule has 1 amide bonds. The molecule has 1 aromatic rings. The summed E-state index contributed by atoms with van der Waals surface area (Å²) >= 11 is 4.85. The Balaban J connectivity index is 2.50. The van der Waals surface area contributed by atoms with E-state index >= 15 is 0 Å². The summed E-state index contributed by atoms with van der Waals surface area (Å²) in [6, 6.07) is 4.65. The minimum absolute atomic E-state index is 0.144. The molecule has 0 aromatic heterocycles. The Kier molecular flexibility index (Phi) is 5.89. The summed E-state index contributed by atoms with van der Waals surface area (Å²) in [4.78, 5) is 12.0. The van der Waals surface area contributed by atoms with E-state index in [0.29, 0.717) is 19.4 Å². The van der Waals surface area contributed by atoms with Crippen molar-refractivity contribution in [2.24, 2.45) is 11.7 Å². The van der Waals surface area contributed by atoms with Gasteiger partial charge in [0.25, 0.3) is 0 Å². The number of amides is 1. The molecule has 1 aromatic carbocycles. The predicted octanol–water partition coefficient (Wildman–Crippen LogP) is 2.11. The molecule has 0 heterocycles. The highest BCUT2D eigenvalue weighted by atomic mass is 32.1. The molecule has 1 atom stereocenters. The van der Waals surface area contributed by atoms with Gasteiger partial charge < -0.3 is 11.1 Å². The van der Waals surface area contributed by atoms with Crippen LogP contribution in [0.4, 0.5) is 4.39 Å². The minimum atomic E-state index is -0.413. The van der Waals surface area contributed by atoms with Crippen LogP contribution >= 0.6 is 12.2 Å². The number of benzene rings is 1. The zero-order chi connectivity index (χ0) is 14.4. The monoisotopic (exact) mass is 282 g/mol. The number of hydrogen-bond donors (Lipinski definition) is 2. The van der Waals surface area contributed by atoms with Crippen molar-refractivity contribution < 1.29 is 9.18 Å². The van der Waals surface area contributed by atoms with Gasteiger partial charge in [-0.15, -0.1) is 0 Å². The van der Waals surface area contributed by atoms with Crippen LogP contribution in [0.1, 0.15) is 24.5 Å². The van der Waals surface area contributed by atoms with Gasteiger partial charge in [-0.1, -0.05) is 25.2 Å². The van der Waals surface area contributed by atoms with E-state index in [1.54, 1.807) is 6.07 Å². The topological polar surface area (TPSA) is 55.1 Å². The molecule has 0 aliphatic heterocycles. The van der Waals surface area contributed by atoms with Crippen LogP contribution in [-0.2, 0) is 11.2 Å². The third-order valence-corrected chi connectivity index (χ3v) is 3.35. The Morgan fingerprint density at radius 3 is 2.74 bits per heavy atom. The summed E-state index contributed by atoms with van der Waals surface area (Å²) in [5.41, 5.74) is 7.40. The lowest BCUT2D eigenvalue weighted by atomic mass is 10.0. The Labute approximate surface area is 118 Å². The van der Waals surface area contributed by atoms with Gasteiger partial charge >= 0.3 is 0 Å². The van der Waals surface area contributed by atoms with Crippen LogP contribution < -0.4 is 11.1 Å². The molecule has 0 aliphatic carbocycles. The zero-order valence-electron chi connectivity index (χ0n) is 11.2. The number of hydrogen-bond acceptors (Lipinski definition) is 2. The average Bonchev–Trinajstić information content (AvgIpc) is 2.32. The molecule has 0 saturated heterocycles. The van der Waals surface area contributed by atoms with Crippen molar-refractivity contribution >= 4 is 23.1 Å². The van der Waals surface area contributed by atoms with Crippen LogP contribution in [0.3, 0.4) is 0 Å². The maximum atomic E-state index is 12.9. The molecule has 1 unspecified atom stereocenters. The van der Waals surface area contributed by atoms with Gasteiger partial charge in [0.15, 0.2) is 0 Å². The first-order valence-electron chi connectivity index (χ1n) is 6.27. The Morgan fingerprint density at radius 1 is 1.53 bits per heavy atom. The van der Waals surface area contributed by atoms with Crippen LogP contribution in [-0.4, -0.2) is 17.4 Å². The van der Waals surface area contributed by atoms with Crippen LogP contribution in [0.5, 0.6) is 0 Å². The first-order valence-corrected chi connectivity index (χ1v) is 6.68. The van der Waals surface area contributed by atoms with E-state index in [-0.39, 0.29) is 16.7 Å². The Morgan fingerprint density at radius 2 is 2.21 bits per heavy atom. The number of halogens is 1. The highest BCUT2D eigenvalue weighted by Gasteiger charge is 2.18. The normalized spacial score (nSPS) is 11.9. The molecule has 104 valence electrons. The molecular formula is C14H19FN2OS. The second-order valence-corrected chi connectivity index (χ2v) is 4.95. The molecule has 0 aliphatic rings. The first kappa shape index (κ1) is 15.6. The molecule has 0 radical (unpaired) electrons. The molecule has 0 bridgehead atoms. The summed E-state index contributed by atoms with van der Waals surface area (Å²) in [6.07, 6.45) is 1.25. The van der Waals surface area contributed by atoms with Crippen LogP contribution in [0.2, 0.25) is 0 Å². The van der Waals surface area contributed by atoms with E-state index in [4.69, 9.17) is 18.0 Å². The quantitative estimate of drug-likeness (QED) is 0.786. The average molecular weight is 282 g/mol. The largest absolute Gasteiger partial charge is 0.393 e. The molecule has 1 rings (SSSR count). The van der Waals surface area contributed by atoms with Gasteiger partial charge in [0.05, 0.1) is 10.9 Å². The third-order valence-electron chi connectivity index (χ3n) is 3.07. The molecule has 0 spiro atoms. The molecule has 0 saturated carbocycles. The summed E-state index contributed by atoms with van der Waals surface area (Å²) in [7, 11) is 0. The molecule has 19 heavy (non-hydrogen) atoms. The number of rotatable bonds is 6. The van der Waals surface area contributed by atoms with E-state index < -0.39 is 5.92 Å². The van der Waals surface area contributed by atoms with Crippen molar-refractivity contribution in [1.29, 1.82) is 0 Å². The fourth-order valence-electron chi connectivity index (χ4n) is 1.90. The van der Waals surface area contributed by atoms with Crippen molar-refractivity contribution in [3.05, 3.63) is 35.1 Å². The summed E-state index contributed by atoms with van der Waals surface area (Å²) in [6.45, 7) is 4.21. The van der Waals surface area contributed by atoms with E-state index in [2.05, 4.69) is 5.32 Å². The van der Waals surface area contributed by atoms with Gasteiger partial charge in [-0.2, -0.15) is 0 Å².